The summed E-state index contributed by atoms with van der Waals surface area (Å²) in [4.78, 5) is 41.5. The third-order valence-corrected chi connectivity index (χ3v) is 2.71. The van der Waals surface area contributed by atoms with Crippen molar-refractivity contribution in [3.63, 3.8) is 0 Å². The number of benzene rings is 2. The predicted octanol–water partition coefficient (Wildman–Crippen LogP) is 2.01. The molecule has 0 fully saturated rings. The summed E-state index contributed by atoms with van der Waals surface area (Å²) in [6.07, 6.45) is 0. The molecule has 2 aromatic rings. The van der Waals surface area contributed by atoms with Gasteiger partial charge in [0.05, 0.1) is 22.3 Å². The van der Waals surface area contributed by atoms with E-state index in [1.54, 1.807) is 0 Å². The zero-order chi connectivity index (χ0) is 25.0. The van der Waals surface area contributed by atoms with Gasteiger partial charge in [0, 0.05) is 14.2 Å². The number of aromatic carboxylic acids is 4. The van der Waals surface area contributed by atoms with E-state index >= 15 is 0 Å². The van der Waals surface area contributed by atoms with Gasteiger partial charge in [-0.15, -0.1) is 0 Å². The van der Waals surface area contributed by atoms with E-state index in [0.717, 1.165) is 26.4 Å². The van der Waals surface area contributed by atoms with Gasteiger partial charge in [0.2, 0.25) is 0 Å². The molecular weight excluding hydrogens is 439 g/mol. The van der Waals surface area contributed by atoms with Crippen molar-refractivity contribution in [1.29, 1.82) is 0 Å². The third kappa shape index (κ3) is 14.9. The summed E-state index contributed by atoms with van der Waals surface area (Å²) in [5.41, 5.74) is -0.0744. The summed E-state index contributed by atoms with van der Waals surface area (Å²) >= 11 is 0. The van der Waals surface area contributed by atoms with Crippen molar-refractivity contribution in [2.45, 2.75) is 0 Å². The van der Waals surface area contributed by atoms with E-state index in [0.29, 0.717) is 0 Å². The molecule has 0 aliphatic heterocycles. The van der Waals surface area contributed by atoms with Crippen molar-refractivity contribution in [1.82, 2.24) is 0 Å². The van der Waals surface area contributed by atoms with Gasteiger partial charge in [0.15, 0.2) is 0 Å². The van der Waals surface area contributed by atoms with Crippen LogP contribution in [0.25, 0.3) is 0 Å². The number of rotatable bonds is 4. The molecule has 0 atom stereocenters. The van der Waals surface area contributed by atoms with Crippen LogP contribution in [0.4, 0.5) is 0 Å². The van der Waals surface area contributed by atoms with Crippen molar-refractivity contribution in [3.8, 4) is 0 Å². The van der Waals surface area contributed by atoms with Crippen LogP contribution in [0.5, 0.6) is 0 Å². The van der Waals surface area contributed by atoms with Gasteiger partial charge in [-0.05, 0) is 36.4 Å². The second kappa shape index (κ2) is 19.6. The van der Waals surface area contributed by atoms with E-state index in [2.05, 4.69) is 0 Å². The predicted molar refractivity (Wildman–Crippen MR) is 105 cm³/mol. The van der Waals surface area contributed by atoms with Gasteiger partial charge in [-0.2, -0.15) is 0 Å². The zero-order valence-corrected chi connectivity index (χ0v) is 17.1. The molecule has 13 heteroatoms. The Hall–Kier alpha value is -3.73. The van der Waals surface area contributed by atoms with Crippen LogP contribution in [0.15, 0.2) is 48.5 Å². The van der Waals surface area contributed by atoms with Crippen molar-refractivity contribution in [2.24, 2.45) is 0 Å². The van der Waals surface area contributed by atoms with Crippen LogP contribution < -0.4 is 0 Å². The van der Waals surface area contributed by atoms with E-state index in [4.69, 9.17) is 39.8 Å². The summed E-state index contributed by atoms with van der Waals surface area (Å²) in [7, 11) is 0.917. The van der Waals surface area contributed by atoms with Crippen LogP contribution in [0, 0.1) is 0 Å². The molecule has 0 aromatic heterocycles. The standard InChI is InChI=1S/2C8H6O4.2CH4O.O2P/c2*9-7(10)5-2-1-3-6(4-5)8(11)12;2*1-2;1-3-2/h2*1-4H,(H,9,10)(H,11,12);2*2H,1H3;. The SMILES string of the molecule is CO.CO.O=C(O)c1cccc(C(=O)O)c1.O=C(O)c1cccc(C(=O)O)c1.O=[P]=O. The summed E-state index contributed by atoms with van der Waals surface area (Å²) in [6, 6.07) is 10.4. The average Bonchev–Trinajstić information content (AvgIpc) is 2.77. The molecular formula is C18H20O12P. The van der Waals surface area contributed by atoms with E-state index in [1.165, 1.54) is 36.4 Å². The second-order valence-electron chi connectivity index (χ2n) is 4.46. The first kappa shape index (κ1) is 31.9. The van der Waals surface area contributed by atoms with Crippen LogP contribution in [-0.4, -0.2) is 68.7 Å². The number of hydrogen-bond donors (Lipinski definition) is 6. The fourth-order valence-electron chi connectivity index (χ4n) is 1.57. The number of carboxylic acid groups (broad SMARTS) is 4. The summed E-state index contributed by atoms with van der Waals surface area (Å²) in [5.74, 6) is -4.51. The molecule has 0 spiro atoms. The molecule has 0 aliphatic carbocycles. The second-order valence-corrected chi connectivity index (χ2v) is 4.61. The molecule has 0 saturated carbocycles. The van der Waals surface area contributed by atoms with Crippen LogP contribution in [0.3, 0.4) is 0 Å². The van der Waals surface area contributed by atoms with Crippen LogP contribution in [-0.2, 0) is 9.13 Å². The van der Waals surface area contributed by atoms with Crippen molar-refractivity contribution in [2.75, 3.05) is 14.2 Å². The minimum atomic E-state index is -1.13. The van der Waals surface area contributed by atoms with Gasteiger partial charge >= 0.3 is 41.3 Å². The molecule has 12 nitrogen and oxygen atoms in total. The number of carbonyl (C=O) groups is 4. The first-order valence-corrected chi connectivity index (χ1v) is 8.34. The molecule has 0 unspecified atom stereocenters. The molecule has 0 bridgehead atoms. The Labute approximate surface area is 176 Å². The Kier molecular flexibility index (Phi) is 20.2. The van der Waals surface area contributed by atoms with Crippen LogP contribution in [0.1, 0.15) is 41.4 Å². The molecule has 0 aliphatic rings. The Morgan fingerprint density at radius 1 is 0.548 bits per heavy atom. The minimum absolute atomic E-state index is 0.0186. The van der Waals surface area contributed by atoms with E-state index < -0.39 is 32.2 Å². The molecule has 1 radical (unpaired) electrons. The quantitative estimate of drug-likeness (QED) is 0.361. The number of carboxylic acids is 4. The summed E-state index contributed by atoms with van der Waals surface area (Å²) in [6.45, 7) is 0. The third-order valence-electron chi connectivity index (χ3n) is 2.71. The van der Waals surface area contributed by atoms with Gasteiger partial charge < -0.3 is 30.6 Å². The normalized spacial score (nSPS) is 7.87. The fourth-order valence-corrected chi connectivity index (χ4v) is 1.57. The summed E-state index contributed by atoms with van der Waals surface area (Å²) in [5, 5.41) is 48.0. The van der Waals surface area contributed by atoms with Gasteiger partial charge in [0.1, 0.15) is 0 Å². The van der Waals surface area contributed by atoms with E-state index in [-0.39, 0.29) is 22.3 Å². The maximum atomic E-state index is 10.4. The first-order valence-electron chi connectivity index (χ1n) is 7.61. The number of hydrogen-bond acceptors (Lipinski definition) is 8. The Morgan fingerprint density at radius 3 is 0.839 bits per heavy atom. The number of aliphatic hydroxyl groups excluding tert-OH is 2. The van der Waals surface area contributed by atoms with Gasteiger partial charge in [0.25, 0.3) is 0 Å². The van der Waals surface area contributed by atoms with Gasteiger partial charge in [-0.3, -0.25) is 0 Å². The van der Waals surface area contributed by atoms with E-state index in [1.807, 2.05) is 0 Å². The first-order chi connectivity index (χ1) is 14.6. The summed E-state index contributed by atoms with van der Waals surface area (Å²) < 4.78 is 16.7. The molecule has 169 valence electrons. The van der Waals surface area contributed by atoms with Crippen molar-refractivity contribution < 1.29 is 58.9 Å². The van der Waals surface area contributed by atoms with E-state index in [9.17, 15) is 19.2 Å². The molecule has 31 heavy (non-hydrogen) atoms. The zero-order valence-electron chi connectivity index (χ0n) is 16.2. The van der Waals surface area contributed by atoms with Crippen LogP contribution >= 0.6 is 8.34 Å². The van der Waals surface area contributed by atoms with Crippen molar-refractivity contribution in [3.05, 3.63) is 70.8 Å². The molecule has 2 rings (SSSR count). The molecule has 0 saturated heterocycles. The van der Waals surface area contributed by atoms with Crippen molar-refractivity contribution >= 4 is 32.2 Å². The van der Waals surface area contributed by atoms with Gasteiger partial charge in [-0.1, -0.05) is 12.1 Å². The maximum absolute atomic E-state index is 10.4. The Balaban J connectivity index is -0.000000393. The average molecular weight is 459 g/mol. The topological polar surface area (TPSA) is 224 Å². The molecule has 2 aromatic carbocycles. The fraction of sp³-hybridized carbons (Fsp3) is 0.111. The monoisotopic (exact) mass is 459 g/mol. The number of aliphatic hydroxyl groups is 2. The van der Waals surface area contributed by atoms with Crippen LogP contribution in [0.2, 0.25) is 0 Å². The molecule has 0 heterocycles. The molecule has 0 amide bonds. The Bertz CT molecular complexity index is 763. The Morgan fingerprint density at radius 2 is 0.710 bits per heavy atom. The molecule has 6 N–H and O–H groups in total. The van der Waals surface area contributed by atoms with Gasteiger partial charge in [-0.25, -0.2) is 19.2 Å².